The van der Waals surface area contributed by atoms with Crippen LogP contribution in [0, 0.1) is 0 Å². The van der Waals surface area contributed by atoms with Crippen molar-refractivity contribution >= 4 is 35.2 Å². The topological polar surface area (TPSA) is 54.4 Å². The Bertz CT molecular complexity index is 511. The quantitative estimate of drug-likeness (QED) is 0.518. The van der Waals surface area contributed by atoms with Gasteiger partial charge in [-0.2, -0.15) is 5.10 Å². The van der Waals surface area contributed by atoms with E-state index in [2.05, 4.69) is 15.5 Å². The fraction of sp³-hybridized carbons (Fsp3) is 0.0833. The molecule has 6 heteroatoms. The predicted molar refractivity (Wildman–Crippen MR) is 75.0 cm³/mol. The van der Waals surface area contributed by atoms with Crippen molar-refractivity contribution in [3.63, 3.8) is 0 Å². The van der Waals surface area contributed by atoms with E-state index in [9.17, 15) is 4.79 Å². The van der Waals surface area contributed by atoms with E-state index < -0.39 is 0 Å². The summed E-state index contributed by atoms with van der Waals surface area (Å²) in [5, 5.41) is 6.67. The molecule has 1 N–H and O–H groups in total. The van der Waals surface area contributed by atoms with Crippen LogP contribution in [0.2, 0.25) is 0 Å². The molecule has 1 amide bonds. The molecule has 0 aliphatic rings. The molecule has 0 radical (unpaired) electrons. The molecule has 0 unspecified atom stereocenters. The predicted octanol–water partition coefficient (Wildman–Crippen LogP) is 2.39. The number of nitrogens with zero attached hydrogens (tertiary/aromatic N) is 2. The highest BCUT2D eigenvalue weighted by Gasteiger charge is 2.01. The van der Waals surface area contributed by atoms with Crippen molar-refractivity contribution in [1.82, 2.24) is 10.4 Å². The maximum Gasteiger partial charge on any atom is 0.250 e. The molecule has 92 valence electrons. The van der Waals surface area contributed by atoms with Crippen molar-refractivity contribution in [2.75, 3.05) is 5.75 Å². The molecular weight excluding hydrogens is 266 g/mol. The molecule has 0 aromatic carbocycles. The van der Waals surface area contributed by atoms with Gasteiger partial charge in [-0.25, -0.2) is 10.4 Å². The molecule has 2 aromatic heterocycles. The average Bonchev–Trinajstić information content (AvgIpc) is 2.91. The molecule has 0 bridgehead atoms. The van der Waals surface area contributed by atoms with Crippen molar-refractivity contribution < 1.29 is 4.79 Å². The Morgan fingerprint density at radius 2 is 2.39 bits per heavy atom. The van der Waals surface area contributed by atoms with E-state index >= 15 is 0 Å². The molecule has 2 rings (SSSR count). The van der Waals surface area contributed by atoms with Crippen LogP contribution in [-0.2, 0) is 4.79 Å². The van der Waals surface area contributed by atoms with E-state index in [0.717, 1.165) is 9.90 Å². The van der Waals surface area contributed by atoms with Crippen LogP contribution in [0.5, 0.6) is 0 Å². The van der Waals surface area contributed by atoms with Gasteiger partial charge in [0.15, 0.2) is 0 Å². The number of amides is 1. The lowest BCUT2D eigenvalue weighted by molar-refractivity contribution is -0.118. The normalized spacial score (nSPS) is 10.7. The highest BCUT2D eigenvalue weighted by molar-refractivity contribution is 7.99. The summed E-state index contributed by atoms with van der Waals surface area (Å²) in [7, 11) is 0. The van der Waals surface area contributed by atoms with Crippen LogP contribution in [0.1, 0.15) is 4.88 Å². The monoisotopic (exact) mass is 277 g/mol. The lowest BCUT2D eigenvalue weighted by Crippen LogP contribution is -2.19. The van der Waals surface area contributed by atoms with Gasteiger partial charge in [0.2, 0.25) is 5.91 Å². The SMILES string of the molecule is O=C(CSc1ccccn1)NN=Cc1cccs1. The third-order valence-corrected chi connectivity index (χ3v) is 3.66. The number of rotatable bonds is 5. The first kappa shape index (κ1) is 12.8. The first-order chi connectivity index (χ1) is 8.84. The lowest BCUT2D eigenvalue weighted by atomic mass is 10.5. The van der Waals surface area contributed by atoms with E-state index in [0.29, 0.717) is 5.75 Å². The molecule has 0 aliphatic carbocycles. The van der Waals surface area contributed by atoms with Crippen LogP contribution in [0.15, 0.2) is 52.0 Å². The smallest absolute Gasteiger partial charge is 0.250 e. The number of pyridine rings is 1. The molecule has 0 saturated heterocycles. The van der Waals surface area contributed by atoms with Gasteiger partial charge in [0.25, 0.3) is 0 Å². The highest BCUT2D eigenvalue weighted by atomic mass is 32.2. The Hall–Kier alpha value is -1.66. The van der Waals surface area contributed by atoms with Crippen LogP contribution in [0.3, 0.4) is 0 Å². The van der Waals surface area contributed by atoms with Gasteiger partial charge in [0.1, 0.15) is 0 Å². The molecule has 0 aliphatic heterocycles. The van der Waals surface area contributed by atoms with Crippen molar-refractivity contribution in [3.05, 3.63) is 46.8 Å². The molecule has 0 atom stereocenters. The first-order valence-corrected chi connectivity index (χ1v) is 7.10. The van der Waals surface area contributed by atoms with Gasteiger partial charge < -0.3 is 0 Å². The maximum absolute atomic E-state index is 11.5. The summed E-state index contributed by atoms with van der Waals surface area (Å²) in [4.78, 5) is 16.6. The molecule has 0 fully saturated rings. The summed E-state index contributed by atoms with van der Waals surface area (Å²) in [6.45, 7) is 0. The van der Waals surface area contributed by atoms with Gasteiger partial charge in [-0.05, 0) is 23.6 Å². The Balaban J connectivity index is 1.73. The highest BCUT2D eigenvalue weighted by Crippen LogP contribution is 2.12. The third kappa shape index (κ3) is 4.31. The second-order valence-electron chi connectivity index (χ2n) is 3.27. The van der Waals surface area contributed by atoms with Crippen LogP contribution in [0.25, 0.3) is 0 Å². The number of aromatic nitrogens is 1. The van der Waals surface area contributed by atoms with Gasteiger partial charge in [-0.1, -0.05) is 23.9 Å². The number of hydrogen-bond acceptors (Lipinski definition) is 5. The van der Waals surface area contributed by atoms with Crippen molar-refractivity contribution in [2.24, 2.45) is 5.10 Å². The summed E-state index contributed by atoms with van der Waals surface area (Å²) in [5.74, 6) is 0.164. The largest absolute Gasteiger partial charge is 0.272 e. The van der Waals surface area contributed by atoms with Crippen LogP contribution in [-0.4, -0.2) is 22.9 Å². The summed E-state index contributed by atoms with van der Waals surface area (Å²) >= 11 is 2.95. The zero-order chi connectivity index (χ0) is 12.6. The van der Waals surface area contributed by atoms with Gasteiger partial charge >= 0.3 is 0 Å². The zero-order valence-electron chi connectivity index (χ0n) is 9.45. The van der Waals surface area contributed by atoms with Crippen molar-refractivity contribution in [3.8, 4) is 0 Å². The molecule has 2 heterocycles. The van der Waals surface area contributed by atoms with Crippen LogP contribution >= 0.6 is 23.1 Å². The minimum Gasteiger partial charge on any atom is -0.272 e. The Morgan fingerprint density at radius 1 is 1.44 bits per heavy atom. The Morgan fingerprint density at radius 3 is 3.11 bits per heavy atom. The van der Waals surface area contributed by atoms with E-state index in [-0.39, 0.29) is 5.91 Å². The second kappa shape index (κ2) is 6.93. The van der Waals surface area contributed by atoms with Crippen LogP contribution in [0.4, 0.5) is 0 Å². The molecule has 18 heavy (non-hydrogen) atoms. The van der Waals surface area contributed by atoms with E-state index in [1.165, 1.54) is 11.8 Å². The fourth-order valence-corrected chi connectivity index (χ4v) is 2.38. The van der Waals surface area contributed by atoms with Crippen LogP contribution < -0.4 is 5.43 Å². The van der Waals surface area contributed by atoms with Gasteiger partial charge in [-0.15, -0.1) is 11.3 Å². The fourth-order valence-electron chi connectivity index (χ4n) is 1.14. The number of thioether (sulfide) groups is 1. The molecule has 2 aromatic rings. The molecule has 0 saturated carbocycles. The number of thiophene rings is 1. The summed E-state index contributed by atoms with van der Waals surface area (Å²) in [6, 6.07) is 9.47. The minimum atomic E-state index is -0.140. The van der Waals surface area contributed by atoms with Gasteiger partial charge in [-0.3, -0.25) is 4.79 Å². The number of carbonyl (C=O) groups excluding carboxylic acids is 1. The zero-order valence-corrected chi connectivity index (χ0v) is 11.1. The number of hydrazone groups is 1. The Labute approximate surface area is 113 Å². The lowest BCUT2D eigenvalue weighted by Gasteiger charge is -1.99. The minimum absolute atomic E-state index is 0.140. The summed E-state index contributed by atoms with van der Waals surface area (Å²) in [5.41, 5.74) is 2.48. The molecular formula is C12H11N3OS2. The summed E-state index contributed by atoms with van der Waals surface area (Å²) in [6.07, 6.45) is 3.34. The van der Waals surface area contributed by atoms with Gasteiger partial charge in [0, 0.05) is 11.1 Å². The second-order valence-corrected chi connectivity index (χ2v) is 5.24. The maximum atomic E-state index is 11.5. The summed E-state index contributed by atoms with van der Waals surface area (Å²) < 4.78 is 0. The van der Waals surface area contributed by atoms with E-state index in [4.69, 9.17) is 0 Å². The van der Waals surface area contributed by atoms with Crippen molar-refractivity contribution in [1.29, 1.82) is 0 Å². The molecule has 0 spiro atoms. The third-order valence-electron chi connectivity index (χ3n) is 1.91. The van der Waals surface area contributed by atoms with E-state index in [1.807, 2.05) is 35.7 Å². The Kier molecular flexibility index (Phi) is 4.92. The van der Waals surface area contributed by atoms with Gasteiger partial charge in [0.05, 0.1) is 17.0 Å². The number of carbonyl (C=O) groups is 1. The first-order valence-electron chi connectivity index (χ1n) is 5.24. The van der Waals surface area contributed by atoms with E-state index in [1.54, 1.807) is 23.7 Å². The average molecular weight is 277 g/mol. The number of nitrogens with one attached hydrogen (secondary N) is 1. The molecule has 4 nitrogen and oxygen atoms in total. The van der Waals surface area contributed by atoms with Crippen molar-refractivity contribution in [2.45, 2.75) is 5.03 Å². The number of hydrogen-bond donors (Lipinski definition) is 1. The standard InChI is InChI=1S/C12H11N3OS2/c16-11(9-18-12-5-1-2-6-13-12)15-14-8-10-4-3-7-17-10/h1-8H,9H2,(H,15,16).